The van der Waals surface area contributed by atoms with Gasteiger partial charge in [0.05, 0.1) is 11.9 Å². The van der Waals surface area contributed by atoms with Crippen LogP contribution in [0.3, 0.4) is 0 Å². The van der Waals surface area contributed by atoms with Gasteiger partial charge in [0.15, 0.2) is 0 Å². The monoisotopic (exact) mass is 285 g/mol. The Morgan fingerprint density at radius 1 is 1.19 bits per heavy atom. The van der Waals surface area contributed by atoms with E-state index < -0.39 is 0 Å². The number of anilines is 2. The van der Waals surface area contributed by atoms with Gasteiger partial charge >= 0.3 is 0 Å². The van der Waals surface area contributed by atoms with Crippen LogP contribution in [-0.4, -0.2) is 18.1 Å². The zero-order valence-electron chi connectivity index (χ0n) is 12.3. The first-order valence-corrected chi connectivity index (χ1v) is 7.42. The van der Waals surface area contributed by atoms with Gasteiger partial charge in [-0.15, -0.1) is 0 Å². The Bertz CT molecular complexity index is 604. The number of aromatic nitrogens is 1. The molecule has 0 saturated carbocycles. The smallest absolute Gasteiger partial charge is 0.128 e. The van der Waals surface area contributed by atoms with E-state index in [4.69, 9.17) is 0 Å². The third kappa shape index (κ3) is 3.32. The first kappa shape index (κ1) is 13.9. The van der Waals surface area contributed by atoms with Crippen molar-refractivity contribution in [2.24, 2.45) is 0 Å². The van der Waals surface area contributed by atoms with E-state index in [0.29, 0.717) is 12.1 Å². The second-order valence-corrected chi connectivity index (χ2v) is 5.54. The number of benzene rings is 1. The fourth-order valence-corrected chi connectivity index (χ4v) is 2.57. The van der Waals surface area contributed by atoms with Gasteiger partial charge in [-0.2, -0.15) is 0 Å². The zero-order chi connectivity index (χ0) is 14.7. The van der Waals surface area contributed by atoms with Crippen LogP contribution in [0.25, 0.3) is 0 Å². The Kier molecular flexibility index (Phi) is 4.04. The Labute approximate surface area is 124 Å². The maximum absolute atomic E-state index is 13.5. The lowest BCUT2D eigenvalue weighted by Crippen LogP contribution is -2.18. The molecule has 1 aromatic carbocycles. The summed E-state index contributed by atoms with van der Waals surface area (Å²) in [6, 6.07) is 9.40. The third-order valence-corrected chi connectivity index (χ3v) is 3.91. The highest BCUT2D eigenvalue weighted by atomic mass is 19.1. The molecule has 0 radical (unpaired) electrons. The number of hydrogen-bond acceptors (Lipinski definition) is 3. The van der Waals surface area contributed by atoms with E-state index in [1.54, 1.807) is 19.1 Å². The summed E-state index contributed by atoms with van der Waals surface area (Å²) in [7, 11) is 0. The molecule has 0 aliphatic carbocycles. The van der Waals surface area contributed by atoms with Crippen molar-refractivity contribution in [1.82, 2.24) is 4.98 Å². The van der Waals surface area contributed by atoms with Gasteiger partial charge in [0, 0.05) is 19.6 Å². The maximum atomic E-state index is 13.5. The standard InChI is InChI=1S/C17H20FN3/c1-13-4-5-14(10-16(13)18)11-19-15-6-7-17(20-12-15)21-8-2-3-9-21/h4-7,10,12,19H,2-3,8-9,11H2,1H3. The molecule has 4 heteroatoms. The van der Waals surface area contributed by atoms with Crippen LogP contribution in [0.2, 0.25) is 0 Å². The molecule has 3 nitrogen and oxygen atoms in total. The van der Waals surface area contributed by atoms with Crippen molar-refractivity contribution in [3.05, 3.63) is 53.5 Å². The molecule has 1 aliphatic heterocycles. The normalized spacial score (nSPS) is 14.5. The molecule has 0 bridgehead atoms. The lowest BCUT2D eigenvalue weighted by molar-refractivity contribution is 0.616. The summed E-state index contributed by atoms with van der Waals surface area (Å²) in [6.07, 6.45) is 4.35. The maximum Gasteiger partial charge on any atom is 0.128 e. The minimum atomic E-state index is -0.156. The van der Waals surface area contributed by atoms with Gasteiger partial charge in [0.1, 0.15) is 11.6 Å². The molecule has 1 N–H and O–H groups in total. The van der Waals surface area contributed by atoms with Gasteiger partial charge < -0.3 is 10.2 Å². The molecule has 1 aromatic heterocycles. The summed E-state index contributed by atoms with van der Waals surface area (Å²) in [6.45, 7) is 4.57. The number of rotatable bonds is 4. The molecule has 3 rings (SSSR count). The Balaban J connectivity index is 1.61. The van der Waals surface area contributed by atoms with Gasteiger partial charge in [0.2, 0.25) is 0 Å². The number of aryl methyl sites for hydroxylation is 1. The molecule has 0 amide bonds. The van der Waals surface area contributed by atoms with Crippen LogP contribution in [0.4, 0.5) is 15.9 Å². The van der Waals surface area contributed by atoms with Gasteiger partial charge in [-0.25, -0.2) is 9.37 Å². The van der Waals surface area contributed by atoms with Gasteiger partial charge in [-0.3, -0.25) is 0 Å². The minimum Gasteiger partial charge on any atom is -0.380 e. The van der Waals surface area contributed by atoms with E-state index in [-0.39, 0.29) is 5.82 Å². The van der Waals surface area contributed by atoms with Crippen LogP contribution in [-0.2, 0) is 6.54 Å². The summed E-state index contributed by atoms with van der Waals surface area (Å²) in [5, 5.41) is 3.28. The number of halogens is 1. The minimum absolute atomic E-state index is 0.156. The van der Waals surface area contributed by atoms with E-state index >= 15 is 0 Å². The Morgan fingerprint density at radius 2 is 2.00 bits per heavy atom. The highest BCUT2D eigenvalue weighted by molar-refractivity contribution is 5.49. The zero-order valence-corrected chi connectivity index (χ0v) is 12.3. The predicted octanol–water partition coefficient (Wildman–Crippen LogP) is 3.74. The van der Waals surface area contributed by atoms with E-state index in [0.717, 1.165) is 30.2 Å². The van der Waals surface area contributed by atoms with Crippen molar-refractivity contribution in [2.75, 3.05) is 23.3 Å². The SMILES string of the molecule is Cc1ccc(CNc2ccc(N3CCCC3)nc2)cc1F. The van der Waals surface area contributed by atoms with E-state index in [1.807, 2.05) is 24.4 Å². The largest absolute Gasteiger partial charge is 0.380 e. The summed E-state index contributed by atoms with van der Waals surface area (Å²) in [5.74, 6) is 0.885. The first-order chi connectivity index (χ1) is 10.2. The van der Waals surface area contributed by atoms with E-state index in [9.17, 15) is 4.39 Å². The summed E-state index contributed by atoms with van der Waals surface area (Å²) < 4.78 is 13.5. The first-order valence-electron chi connectivity index (χ1n) is 7.42. The summed E-state index contributed by atoms with van der Waals surface area (Å²) in [4.78, 5) is 6.80. The highest BCUT2D eigenvalue weighted by Gasteiger charge is 2.12. The molecule has 0 spiro atoms. The third-order valence-electron chi connectivity index (χ3n) is 3.91. The van der Waals surface area contributed by atoms with Gasteiger partial charge in [0.25, 0.3) is 0 Å². The van der Waals surface area contributed by atoms with Crippen LogP contribution in [0.15, 0.2) is 36.5 Å². The van der Waals surface area contributed by atoms with Crippen LogP contribution >= 0.6 is 0 Å². The number of pyridine rings is 1. The van der Waals surface area contributed by atoms with Crippen LogP contribution < -0.4 is 10.2 Å². The van der Waals surface area contributed by atoms with Crippen LogP contribution in [0.5, 0.6) is 0 Å². The van der Waals surface area contributed by atoms with Crippen molar-refractivity contribution in [3.63, 3.8) is 0 Å². The number of hydrogen-bond donors (Lipinski definition) is 1. The average molecular weight is 285 g/mol. The van der Waals surface area contributed by atoms with Crippen molar-refractivity contribution in [1.29, 1.82) is 0 Å². The molecule has 1 aliphatic rings. The molecule has 2 aromatic rings. The van der Waals surface area contributed by atoms with Crippen molar-refractivity contribution < 1.29 is 4.39 Å². The van der Waals surface area contributed by atoms with Crippen molar-refractivity contribution >= 4 is 11.5 Å². The number of nitrogens with zero attached hydrogens (tertiary/aromatic N) is 2. The molecule has 1 saturated heterocycles. The van der Waals surface area contributed by atoms with Crippen LogP contribution in [0, 0.1) is 12.7 Å². The molecular formula is C17H20FN3. The second-order valence-electron chi connectivity index (χ2n) is 5.54. The fourth-order valence-electron chi connectivity index (χ4n) is 2.57. The lowest BCUT2D eigenvalue weighted by Gasteiger charge is -2.16. The molecular weight excluding hydrogens is 265 g/mol. The van der Waals surface area contributed by atoms with Crippen molar-refractivity contribution in [2.45, 2.75) is 26.3 Å². The number of nitrogens with one attached hydrogen (secondary N) is 1. The van der Waals surface area contributed by atoms with E-state index in [2.05, 4.69) is 15.2 Å². The second kappa shape index (κ2) is 6.12. The van der Waals surface area contributed by atoms with Gasteiger partial charge in [-0.1, -0.05) is 12.1 Å². The molecule has 0 atom stereocenters. The molecule has 110 valence electrons. The van der Waals surface area contributed by atoms with Crippen LogP contribution in [0.1, 0.15) is 24.0 Å². The summed E-state index contributed by atoms with van der Waals surface area (Å²) >= 11 is 0. The Hall–Kier alpha value is -2.10. The molecule has 21 heavy (non-hydrogen) atoms. The lowest BCUT2D eigenvalue weighted by atomic mass is 10.1. The highest BCUT2D eigenvalue weighted by Crippen LogP contribution is 2.19. The molecule has 2 heterocycles. The van der Waals surface area contributed by atoms with E-state index in [1.165, 1.54) is 12.8 Å². The average Bonchev–Trinajstić information content (AvgIpc) is 3.03. The van der Waals surface area contributed by atoms with Crippen molar-refractivity contribution in [3.8, 4) is 0 Å². The topological polar surface area (TPSA) is 28.2 Å². The van der Waals surface area contributed by atoms with Gasteiger partial charge in [-0.05, 0) is 49.1 Å². The molecule has 1 fully saturated rings. The summed E-state index contributed by atoms with van der Waals surface area (Å²) in [5.41, 5.74) is 2.57. The Morgan fingerprint density at radius 3 is 2.67 bits per heavy atom. The molecule has 0 unspecified atom stereocenters. The fraction of sp³-hybridized carbons (Fsp3) is 0.353. The predicted molar refractivity (Wildman–Crippen MR) is 84.1 cm³/mol. The quantitative estimate of drug-likeness (QED) is 0.927.